The molecule has 25 heavy (non-hydrogen) atoms. The first-order valence-electron chi connectivity index (χ1n) is 8.75. The molecule has 0 radical (unpaired) electrons. The topological polar surface area (TPSA) is 76.4 Å². The van der Waals surface area contributed by atoms with E-state index in [-0.39, 0.29) is 18.6 Å². The van der Waals surface area contributed by atoms with E-state index in [0.717, 1.165) is 37.0 Å². The van der Waals surface area contributed by atoms with Gasteiger partial charge in [-0.15, -0.1) is 0 Å². The highest BCUT2D eigenvalue weighted by molar-refractivity contribution is 5.93. The van der Waals surface area contributed by atoms with E-state index < -0.39 is 0 Å². The summed E-state index contributed by atoms with van der Waals surface area (Å²) in [5, 5.41) is 16.6. The van der Waals surface area contributed by atoms with Crippen LogP contribution in [0.15, 0.2) is 36.7 Å². The molecule has 1 heterocycles. The zero-order valence-corrected chi connectivity index (χ0v) is 14.5. The van der Waals surface area contributed by atoms with Crippen molar-refractivity contribution in [2.45, 2.75) is 38.3 Å². The quantitative estimate of drug-likeness (QED) is 0.843. The molecule has 0 spiro atoms. The minimum Gasteiger partial charge on any atom is -0.497 e. The highest BCUT2D eigenvalue weighted by atomic mass is 16.5. The predicted molar refractivity (Wildman–Crippen MR) is 94.6 cm³/mol. The molecule has 1 amide bonds. The number of aliphatic hydroxyl groups excluding tert-OH is 1. The molecule has 3 rings (SSSR count). The number of amides is 1. The Kier molecular flexibility index (Phi) is 5.71. The summed E-state index contributed by atoms with van der Waals surface area (Å²) in [5.41, 5.74) is 1.68. The molecule has 0 aliphatic heterocycles. The van der Waals surface area contributed by atoms with E-state index in [1.807, 2.05) is 24.3 Å². The van der Waals surface area contributed by atoms with E-state index in [1.165, 1.54) is 0 Å². The second kappa shape index (κ2) is 8.16. The second-order valence-corrected chi connectivity index (χ2v) is 6.65. The van der Waals surface area contributed by atoms with Crippen LogP contribution < -0.4 is 10.1 Å². The number of hydrogen-bond acceptors (Lipinski definition) is 4. The van der Waals surface area contributed by atoms with Crippen LogP contribution >= 0.6 is 0 Å². The Morgan fingerprint density at radius 3 is 2.64 bits per heavy atom. The van der Waals surface area contributed by atoms with Gasteiger partial charge in [0.15, 0.2) is 0 Å². The Morgan fingerprint density at radius 1 is 1.28 bits per heavy atom. The Balaban J connectivity index is 1.54. The number of carbonyl (C=O) groups excluding carboxylic acids is 1. The number of carbonyl (C=O) groups is 1. The van der Waals surface area contributed by atoms with E-state index in [2.05, 4.69) is 10.4 Å². The molecule has 6 nitrogen and oxygen atoms in total. The van der Waals surface area contributed by atoms with Crippen LogP contribution in [0.4, 0.5) is 0 Å². The highest BCUT2D eigenvalue weighted by Gasteiger charge is 2.22. The maximum Gasteiger partial charge on any atom is 0.254 e. The standard InChI is InChI=1S/C19H25N3O3/c1-25-18-8-4-14(5-9-18)11-22-12-16(10-20-22)19(24)21-17-6-2-15(13-23)3-7-17/h4-5,8-10,12,15,17,23H,2-3,6-7,11,13H2,1H3,(H,21,24). The Labute approximate surface area is 147 Å². The molecular weight excluding hydrogens is 318 g/mol. The van der Waals surface area contributed by atoms with Gasteiger partial charge >= 0.3 is 0 Å². The number of benzene rings is 1. The maximum absolute atomic E-state index is 12.4. The Bertz CT molecular complexity index is 688. The Morgan fingerprint density at radius 2 is 2.00 bits per heavy atom. The summed E-state index contributed by atoms with van der Waals surface area (Å²) in [6, 6.07) is 7.99. The molecule has 0 saturated heterocycles. The van der Waals surface area contributed by atoms with E-state index in [1.54, 1.807) is 24.2 Å². The average Bonchev–Trinajstić information content (AvgIpc) is 3.12. The number of nitrogens with one attached hydrogen (secondary N) is 1. The normalized spacial score (nSPS) is 20.2. The first-order valence-corrected chi connectivity index (χ1v) is 8.75. The van der Waals surface area contributed by atoms with E-state index >= 15 is 0 Å². The van der Waals surface area contributed by atoms with E-state index in [0.29, 0.717) is 18.0 Å². The molecule has 1 aromatic carbocycles. The van der Waals surface area contributed by atoms with Gasteiger partial charge in [-0.25, -0.2) is 0 Å². The molecule has 1 aliphatic rings. The molecule has 1 aromatic heterocycles. The molecule has 134 valence electrons. The lowest BCUT2D eigenvalue weighted by Crippen LogP contribution is -2.37. The zero-order chi connectivity index (χ0) is 17.6. The largest absolute Gasteiger partial charge is 0.497 e. The maximum atomic E-state index is 12.4. The van der Waals surface area contributed by atoms with Crippen LogP contribution in [0, 0.1) is 5.92 Å². The van der Waals surface area contributed by atoms with Gasteiger partial charge in [-0.1, -0.05) is 12.1 Å². The van der Waals surface area contributed by atoms with Gasteiger partial charge in [0, 0.05) is 18.8 Å². The van der Waals surface area contributed by atoms with E-state index in [9.17, 15) is 9.90 Å². The van der Waals surface area contributed by atoms with Crippen LogP contribution in [-0.4, -0.2) is 40.6 Å². The number of methoxy groups -OCH3 is 1. The van der Waals surface area contributed by atoms with Gasteiger partial charge in [-0.2, -0.15) is 5.10 Å². The summed E-state index contributed by atoms with van der Waals surface area (Å²) in [6.07, 6.45) is 7.18. The lowest BCUT2D eigenvalue weighted by molar-refractivity contribution is 0.0914. The zero-order valence-electron chi connectivity index (χ0n) is 14.5. The minimum absolute atomic E-state index is 0.0755. The molecule has 0 atom stereocenters. The molecule has 0 unspecified atom stereocenters. The van der Waals surface area contributed by atoms with Crippen molar-refractivity contribution in [3.63, 3.8) is 0 Å². The van der Waals surface area contributed by atoms with Gasteiger partial charge in [-0.05, 0) is 49.3 Å². The average molecular weight is 343 g/mol. The summed E-state index contributed by atoms with van der Waals surface area (Å²) >= 11 is 0. The molecule has 2 N–H and O–H groups in total. The summed E-state index contributed by atoms with van der Waals surface area (Å²) in [7, 11) is 1.64. The highest BCUT2D eigenvalue weighted by Crippen LogP contribution is 2.23. The molecular formula is C19H25N3O3. The summed E-state index contributed by atoms with van der Waals surface area (Å²) in [4.78, 5) is 12.4. The summed E-state index contributed by atoms with van der Waals surface area (Å²) in [5.74, 6) is 1.13. The van der Waals surface area contributed by atoms with Crippen molar-refractivity contribution in [3.8, 4) is 5.75 Å². The minimum atomic E-state index is -0.0755. The third kappa shape index (κ3) is 4.60. The van der Waals surface area contributed by atoms with Crippen molar-refractivity contribution >= 4 is 5.91 Å². The number of hydrogen-bond donors (Lipinski definition) is 2. The monoisotopic (exact) mass is 343 g/mol. The molecule has 6 heteroatoms. The SMILES string of the molecule is COc1ccc(Cn2cc(C(=O)NC3CCC(CO)CC3)cn2)cc1. The van der Waals surface area contributed by atoms with Gasteiger partial charge in [0.25, 0.3) is 5.91 Å². The predicted octanol–water partition coefficient (Wildman–Crippen LogP) is 2.22. The van der Waals surface area contributed by atoms with Crippen LogP contribution in [0.2, 0.25) is 0 Å². The number of ether oxygens (including phenoxy) is 1. The fourth-order valence-corrected chi connectivity index (χ4v) is 3.24. The lowest BCUT2D eigenvalue weighted by Gasteiger charge is -2.27. The fraction of sp³-hybridized carbons (Fsp3) is 0.474. The van der Waals surface area contributed by atoms with Crippen LogP contribution in [-0.2, 0) is 6.54 Å². The lowest BCUT2D eigenvalue weighted by atomic mass is 9.86. The molecule has 1 saturated carbocycles. The van der Waals surface area contributed by atoms with Crippen molar-refractivity contribution in [1.29, 1.82) is 0 Å². The van der Waals surface area contributed by atoms with Gasteiger partial charge < -0.3 is 15.2 Å². The van der Waals surface area contributed by atoms with Crippen molar-refractivity contribution in [1.82, 2.24) is 15.1 Å². The molecule has 0 bridgehead atoms. The van der Waals surface area contributed by atoms with Crippen LogP contribution in [0.5, 0.6) is 5.75 Å². The number of aliphatic hydroxyl groups is 1. The van der Waals surface area contributed by atoms with Gasteiger partial charge in [-0.3, -0.25) is 9.48 Å². The first kappa shape index (κ1) is 17.5. The smallest absolute Gasteiger partial charge is 0.254 e. The molecule has 1 aliphatic carbocycles. The van der Waals surface area contributed by atoms with Gasteiger partial charge in [0.05, 0.1) is 25.4 Å². The third-order valence-corrected chi connectivity index (χ3v) is 4.84. The van der Waals surface area contributed by atoms with Crippen molar-refractivity contribution in [2.24, 2.45) is 5.92 Å². The third-order valence-electron chi connectivity index (χ3n) is 4.84. The number of rotatable bonds is 6. The first-order chi connectivity index (χ1) is 12.2. The van der Waals surface area contributed by atoms with E-state index in [4.69, 9.17) is 4.74 Å². The second-order valence-electron chi connectivity index (χ2n) is 6.65. The van der Waals surface area contributed by atoms with Crippen molar-refractivity contribution in [3.05, 3.63) is 47.8 Å². The summed E-state index contributed by atoms with van der Waals surface area (Å²) < 4.78 is 6.91. The van der Waals surface area contributed by atoms with Crippen LogP contribution in [0.25, 0.3) is 0 Å². The van der Waals surface area contributed by atoms with Gasteiger partial charge in [0.2, 0.25) is 0 Å². The van der Waals surface area contributed by atoms with Gasteiger partial charge in [0.1, 0.15) is 5.75 Å². The fourth-order valence-electron chi connectivity index (χ4n) is 3.24. The van der Waals surface area contributed by atoms with Crippen LogP contribution in [0.1, 0.15) is 41.6 Å². The molecule has 1 fully saturated rings. The Hall–Kier alpha value is -2.34. The summed E-state index contributed by atoms with van der Waals surface area (Å²) in [6.45, 7) is 0.859. The van der Waals surface area contributed by atoms with Crippen molar-refractivity contribution < 1.29 is 14.6 Å². The molecule has 2 aromatic rings. The van der Waals surface area contributed by atoms with Crippen molar-refractivity contribution in [2.75, 3.05) is 13.7 Å². The van der Waals surface area contributed by atoms with Crippen LogP contribution in [0.3, 0.4) is 0 Å². The number of aromatic nitrogens is 2. The number of nitrogens with zero attached hydrogens (tertiary/aromatic N) is 2.